The summed E-state index contributed by atoms with van der Waals surface area (Å²) in [6.45, 7) is 6.35. The number of nitrogens with zero attached hydrogens (tertiary/aromatic N) is 4. The molecule has 0 spiro atoms. The molecule has 0 unspecified atom stereocenters. The smallest absolute Gasteiger partial charge is 0.184 e. The molecule has 2 rings (SSSR count). The minimum absolute atomic E-state index is 0.165. The minimum Gasteiger partial charge on any atom is -0.398 e. The Kier molecular flexibility index (Phi) is 3.75. The zero-order valence-corrected chi connectivity index (χ0v) is 12.1. The molecule has 5 nitrogen and oxygen atoms in total. The predicted octanol–water partition coefficient (Wildman–Crippen LogP) is 3.11. The summed E-state index contributed by atoms with van der Waals surface area (Å²) in [5.41, 5.74) is 6.96. The number of hydrogen-bond acceptors (Lipinski definition) is 4. The zero-order chi connectivity index (χ0) is 14.0. The van der Waals surface area contributed by atoms with Gasteiger partial charge in [-0.1, -0.05) is 31.0 Å². The number of benzene rings is 1. The lowest BCUT2D eigenvalue weighted by Gasteiger charge is -2.25. The van der Waals surface area contributed by atoms with Crippen molar-refractivity contribution >= 4 is 17.3 Å². The maximum absolute atomic E-state index is 6.25. The Labute approximate surface area is 117 Å². The number of halogens is 1. The summed E-state index contributed by atoms with van der Waals surface area (Å²) in [6.07, 6.45) is 2.03. The van der Waals surface area contributed by atoms with E-state index >= 15 is 0 Å². The Morgan fingerprint density at radius 3 is 2.79 bits per heavy atom. The maximum Gasteiger partial charge on any atom is 0.184 e. The number of nitrogen functional groups attached to an aromatic ring is 1. The molecule has 0 aliphatic rings. The Bertz CT molecular complexity index is 576. The molecule has 0 fully saturated rings. The van der Waals surface area contributed by atoms with E-state index in [9.17, 15) is 0 Å². The molecule has 2 aromatic rings. The molecule has 0 saturated carbocycles. The van der Waals surface area contributed by atoms with Gasteiger partial charge < -0.3 is 5.73 Å². The molecule has 1 aromatic carbocycles. The zero-order valence-electron chi connectivity index (χ0n) is 11.4. The van der Waals surface area contributed by atoms with E-state index in [0.29, 0.717) is 16.5 Å². The molecule has 6 heteroatoms. The normalized spacial score (nSPS) is 11.8. The van der Waals surface area contributed by atoms with Crippen LogP contribution in [-0.2, 0) is 5.54 Å². The van der Waals surface area contributed by atoms with E-state index in [0.717, 1.165) is 18.4 Å². The van der Waals surface area contributed by atoms with Gasteiger partial charge in [0.15, 0.2) is 5.82 Å². The van der Waals surface area contributed by atoms with Crippen molar-refractivity contribution in [1.82, 2.24) is 20.2 Å². The Hall–Kier alpha value is -1.62. The average Bonchev–Trinajstić information content (AvgIpc) is 2.82. The number of rotatable bonds is 4. The predicted molar refractivity (Wildman–Crippen MR) is 76.9 cm³/mol. The van der Waals surface area contributed by atoms with Crippen molar-refractivity contribution in [3.8, 4) is 11.4 Å². The van der Waals surface area contributed by atoms with Crippen LogP contribution in [0.25, 0.3) is 11.4 Å². The maximum atomic E-state index is 6.25. The van der Waals surface area contributed by atoms with E-state index in [2.05, 4.69) is 36.3 Å². The fourth-order valence-electron chi connectivity index (χ4n) is 2.20. The van der Waals surface area contributed by atoms with Crippen LogP contribution in [0.3, 0.4) is 0 Å². The summed E-state index contributed by atoms with van der Waals surface area (Å²) in [5.74, 6) is 0.649. The van der Waals surface area contributed by atoms with Crippen molar-refractivity contribution in [2.24, 2.45) is 0 Å². The van der Waals surface area contributed by atoms with Gasteiger partial charge in [0.25, 0.3) is 0 Å². The van der Waals surface area contributed by atoms with Crippen molar-refractivity contribution in [2.45, 2.75) is 39.2 Å². The quantitative estimate of drug-likeness (QED) is 0.873. The summed E-state index contributed by atoms with van der Waals surface area (Å²) in [5, 5.41) is 12.5. The molecule has 102 valence electrons. The van der Waals surface area contributed by atoms with Gasteiger partial charge >= 0.3 is 0 Å². The lowest BCUT2D eigenvalue weighted by molar-refractivity contribution is 0.290. The molecule has 0 bridgehead atoms. The molecule has 0 saturated heterocycles. The highest BCUT2D eigenvalue weighted by atomic mass is 35.5. The standard InChI is InChI=1S/C13H18ClN5/c1-4-8-13(2,3)19-12(16-17-18-19)9-6-5-7-10(15)11(9)14/h5-7H,4,8,15H2,1-3H3. The van der Waals surface area contributed by atoms with Crippen LogP contribution in [-0.4, -0.2) is 20.2 Å². The van der Waals surface area contributed by atoms with E-state index < -0.39 is 0 Å². The largest absolute Gasteiger partial charge is 0.398 e. The summed E-state index contributed by atoms with van der Waals surface area (Å²) < 4.78 is 1.82. The van der Waals surface area contributed by atoms with Crippen LogP contribution in [0.2, 0.25) is 5.02 Å². The van der Waals surface area contributed by atoms with Crippen molar-refractivity contribution in [3.63, 3.8) is 0 Å². The molecule has 1 heterocycles. The third kappa shape index (κ3) is 2.56. The van der Waals surface area contributed by atoms with Crippen LogP contribution in [0.5, 0.6) is 0 Å². The lowest BCUT2D eigenvalue weighted by Crippen LogP contribution is -2.28. The van der Waals surface area contributed by atoms with Crippen LogP contribution in [0, 0.1) is 0 Å². The summed E-state index contributed by atoms with van der Waals surface area (Å²) in [7, 11) is 0. The van der Waals surface area contributed by atoms with Gasteiger partial charge in [-0.15, -0.1) is 5.10 Å². The SMILES string of the molecule is CCCC(C)(C)n1nnnc1-c1cccc(N)c1Cl. The van der Waals surface area contributed by atoms with Crippen LogP contribution < -0.4 is 5.73 Å². The Morgan fingerprint density at radius 2 is 2.11 bits per heavy atom. The number of nitrogens with two attached hydrogens (primary N) is 1. The van der Waals surface area contributed by atoms with Gasteiger partial charge in [-0.05, 0) is 42.8 Å². The van der Waals surface area contributed by atoms with E-state index in [-0.39, 0.29) is 5.54 Å². The second-order valence-electron chi connectivity index (χ2n) is 5.19. The second-order valence-corrected chi connectivity index (χ2v) is 5.56. The van der Waals surface area contributed by atoms with E-state index in [1.54, 1.807) is 6.07 Å². The summed E-state index contributed by atoms with van der Waals surface area (Å²) in [6, 6.07) is 5.49. The third-order valence-corrected chi connectivity index (χ3v) is 3.60. The number of anilines is 1. The number of aromatic nitrogens is 4. The molecule has 2 N–H and O–H groups in total. The Morgan fingerprint density at radius 1 is 1.37 bits per heavy atom. The summed E-state index contributed by atoms with van der Waals surface area (Å²) >= 11 is 6.25. The second kappa shape index (κ2) is 5.17. The van der Waals surface area contributed by atoms with Crippen LogP contribution in [0.15, 0.2) is 18.2 Å². The van der Waals surface area contributed by atoms with Crippen molar-refractivity contribution < 1.29 is 0 Å². The first-order chi connectivity index (χ1) is 8.97. The first-order valence-corrected chi connectivity index (χ1v) is 6.68. The number of tetrazole rings is 1. The first-order valence-electron chi connectivity index (χ1n) is 6.30. The highest BCUT2D eigenvalue weighted by molar-refractivity contribution is 6.35. The van der Waals surface area contributed by atoms with Gasteiger partial charge in [0.05, 0.1) is 16.2 Å². The molecule has 0 aliphatic carbocycles. The summed E-state index contributed by atoms with van der Waals surface area (Å²) in [4.78, 5) is 0. The fourth-order valence-corrected chi connectivity index (χ4v) is 2.41. The van der Waals surface area contributed by atoms with Crippen LogP contribution in [0.4, 0.5) is 5.69 Å². The highest BCUT2D eigenvalue weighted by Gasteiger charge is 2.26. The molecule has 0 amide bonds. The minimum atomic E-state index is -0.165. The van der Waals surface area contributed by atoms with Gasteiger partial charge in [0.1, 0.15) is 0 Å². The monoisotopic (exact) mass is 279 g/mol. The van der Waals surface area contributed by atoms with E-state index in [1.165, 1.54) is 0 Å². The van der Waals surface area contributed by atoms with Gasteiger partial charge in [-0.3, -0.25) is 0 Å². The topological polar surface area (TPSA) is 69.6 Å². The van der Waals surface area contributed by atoms with Gasteiger partial charge in [0.2, 0.25) is 0 Å². The molecule has 0 aliphatic heterocycles. The number of hydrogen-bond donors (Lipinski definition) is 1. The lowest BCUT2D eigenvalue weighted by atomic mass is 9.98. The van der Waals surface area contributed by atoms with Gasteiger partial charge in [-0.2, -0.15) is 0 Å². The van der Waals surface area contributed by atoms with E-state index in [4.69, 9.17) is 17.3 Å². The molecular weight excluding hydrogens is 262 g/mol. The Balaban J connectivity index is 2.53. The molecular formula is C13H18ClN5. The van der Waals surface area contributed by atoms with Crippen molar-refractivity contribution in [2.75, 3.05) is 5.73 Å². The molecule has 0 radical (unpaired) electrons. The van der Waals surface area contributed by atoms with Crippen LogP contribution >= 0.6 is 11.6 Å². The molecule has 1 aromatic heterocycles. The average molecular weight is 280 g/mol. The van der Waals surface area contributed by atoms with Crippen LogP contribution in [0.1, 0.15) is 33.6 Å². The molecule has 0 atom stereocenters. The van der Waals surface area contributed by atoms with Gasteiger partial charge in [0, 0.05) is 5.56 Å². The highest BCUT2D eigenvalue weighted by Crippen LogP contribution is 2.33. The van der Waals surface area contributed by atoms with Crippen molar-refractivity contribution in [3.05, 3.63) is 23.2 Å². The molecule has 19 heavy (non-hydrogen) atoms. The van der Waals surface area contributed by atoms with E-state index in [1.807, 2.05) is 16.8 Å². The third-order valence-electron chi connectivity index (χ3n) is 3.17. The fraction of sp³-hybridized carbons (Fsp3) is 0.462. The van der Waals surface area contributed by atoms with Gasteiger partial charge in [-0.25, -0.2) is 4.68 Å². The van der Waals surface area contributed by atoms with Crippen molar-refractivity contribution in [1.29, 1.82) is 0 Å². The first kappa shape index (κ1) is 13.8.